The molecular weight excluding hydrogens is 308 g/mol. The average molecular weight is 326 g/mol. The Morgan fingerprint density at radius 3 is 3.00 bits per heavy atom. The van der Waals surface area contributed by atoms with Crippen molar-refractivity contribution in [2.24, 2.45) is 0 Å². The Kier molecular flexibility index (Phi) is 3.55. The third-order valence-corrected chi connectivity index (χ3v) is 4.80. The predicted molar refractivity (Wildman–Crippen MR) is 83.9 cm³/mol. The van der Waals surface area contributed by atoms with Gasteiger partial charge in [-0.05, 0) is 25.0 Å². The van der Waals surface area contributed by atoms with Gasteiger partial charge in [0.05, 0.1) is 12.1 Å². The van der Waals surface area contributed by atoms with Gasteiger partial charge in [-0.3, -0.25) is 14.6 Å². The number of fused-ring (bicyclic) bond motifs is 1. The number of likely N-dealkylation sites (tertiary alicyclic amines) is 2. The van der Waals surface area contributed by atoms with E-state index < -0.39 is 0 Å². The Morgan fingerprint density at radius 1 is 1.42 bits per heavy atom. The second-order valence-corrected chi connectivity index (χ2v) is 6.33. The molecule has 2 saturated heterocycles. The van der Waals surface area contributed by atoms with Crippen molar-refractivity contribution in [2.75, 3.05) is 6.54 Å². The van der Waals surface area contributed by atoms with Crippen molar-refractivity contribution in [3.63, 3.8) is 0 Å². The van der Waals surface area contributed by atoms with E-state index in [1.54, 1.807) is 30.3 Å². The van der Waals surface area contributed by atoms with Crippen LogP contribution in [0.15, 0.2) is 35.1 Å². The number of pyridine rings is 1. The standard InChI is InChI=1S/C17H18N4O3/c1-11-7-13(19-24-11)17(23)20-6-4-14-15(20)8-16(22)21(14)10-12-3-2-5-18-9-12/h2-3,5,7,9,14-15H,4,6,8,10H2,1H3/t14-,15+/m1/s1. The molecule has 2 aliphatic rings. The lowest BCUT2D eigenvalue weighted by atomic mass is 10.1. The molecule has 2 aliphatic heterocycles. The van der Waals surface area contributed by atoms with Crippen molar-refractivity contribution in [3.8, 4) is 0 Å². The summed E-state index contributed by atoms with van der Waals surface area (Å²) in [5.74, 6) is 0.535. The normalized spacial score (nSPS) is 23.0. The molecule has 2 fully saturated rings. The van der Waals surface area contributed by atoms with E-state index in [0.717, 1.165) is 12.0 Å². The first-order chi connectivity index (χ1) is 11.6. The molecule has 2 atom stereocenters. The van der Waals surface area contributed by atoms with Crippen LogP contribution in [0.1, 0.15) is 34.7 Å². The number of carbonyl (C=O) groups is 2. The van der Waals surface area contributed by atoms with Gasteiger partial charge in [0.25, 0.3) is 5.91 Å². The van der Waals surface area contributed by atoms with Crippen LogP contribution in [0.2, 0.25) is 0 Å². The molecule has 7 heteroatoms. The van der Waals surface area contributed by atoms with Crippen molar-refractivity contribution in [1.29, 1.82) is 0 Å². The first-order valence-corrected chi connectivity index (χ1v) is 8.06. The fourth-order valence-corrected chi connectivity index (χ4v) is 3.69. The Bertz CT molecular complexity index is 773. The number of carbonyl (C=O) groups excluding carboxylic acids is 2. The summed E-state index contributed by atoms with van der Waals surface area (Å²) in [7, 11) is 0. The molecule has 2 aromatic heterocycles. The van der Waals surface area contributed by atoms with Gasteiger partial charge in [-0.25, -0.2) is 0 Å². The summed E-state index contributed by atoms with van der Waals surface area (Å²) in [6.07, 6.45) is 4.65. The highest BCUT2D eigenvalue weighted by Crippen LogP contribution is 2.34. The first kappa shape index (κ1) is 14.9. The van der Waals surface area contributed by atoms with Crippen molar-refractivity contribution >= 4 is 11.8 Å². The lowest BCUT2D eigenvalue weighted by Crippen LogP contribution is -2.39. The summed E-state index contributed by atoms with van der Waals surface area (Å²) in [6, 6.07) is 5.45. The van der Waals surface area contributed by atoms with Gasteiger partial charge in [0.1, 0.15) is 5.76 Å². The molecule has 0 aliphatic carbocycles. The molecule has 7 nitrogen and oxygen atoms in total. The molecule has 2 aromatic rings. The van der Waals surface area contributed by atoms with E-state index in [2.05, 4.69) is 10.1 Å². The Balaban J connectivity index is 1.52. The molecule has 2 amide bonds. The number of hydrogen-bond acceptors (Lipinski definition) is 5. The summed E-state index contributed by atoms with van der Waals surface area (Å²) >= 11 is 0. The molecule has 0 unspecified atom stereocenters. The van der Waals surface area contributed by atoms with Crippen LogP contribution in [0.25, 0.3) is 0 Å². The van der Waals surface area contributed by atoms with Gasteiger partial charge in [0, 0.05) is 38.0 Å². The minimum Gasteiger partial charge on any atom is -0.361 e. The molecule has 4 rings (SSSR count). The predicted octanol–water partition coefficient (Wildman–Crippen LogP) is 1.39. The van der Waals surface area contributed by atoms with Crippen molar-refractivity contribution < 1.29 is 14.1 Å². The molecule has 4 heterocycles. The quantitative estimate of drug-likeness (QED) is 0.851. The zero-order chi connectivity index (χ0) is 16.7. The molecule has 0 bridgehead atoms. The van der Waals surface area contributed by atoms with Crippen LogP contribution in [0.3, 0.4) is 0 Å². The molecule has 0 spiro atoms. The van der Waals surface area contributed by atoms with E-state index in [1.807, 2.05) is 17.0 Å². The number of aryl methyl sites for hydroxylation is 1. The third-order valence-electron chi connectivity index (χ3n) is 4.80. The number of nitrogens with zero attached hydrogens (tertiary/aromatic N) is 4. The molecular formula is C17H18N4O3. The molecule has 0 aromatic carbocycles. The van der Waals surface area contributed by atoms with Crippen molar-refractivity contribution in [2.45, 2.75) is 38.4 Å². The maximum atomic E-state index is 12.6. The Hall–Kier alpha value is -2.70. The van der Waals surface area contributed by atoms with Gasteiger partial charge in [0.2, 0.25) is 5.91 Å². The third kappa shape index (κ3) is 2.46. The maximum Gasteiger partial charge on any atom is 0.276 e. The summed E-state index contributed by atoms with van der Waals surface area (Å²) in [5.41, 5.74) is 1.31. The summed E-state index contributed by atoms with van der Waals surface area (Å²) < 4.78 is 5.00. The average Bonchev–Trinajstić information content (AvgIpc) is 3.26. The summed E-state index contributed by atoms with van der Waals surface area (Å²) in [6.45, 7) is 2.93. The van der Waals surface area contributed by atoms with E-state index in [1.165, 1.54) is 0 Å². The Labute approximate surface area is 139 Å². The van der Waals surface area contributed by atoms with Crippen LogP contribution < -0.4 is 0 Å². The van der Waals surface area contributed by atoms with Crippen LogP contribution in [0, 0.1) is 6.92 Å². The topological polar surface area (TPSA) is 79.5 Å². The second-order valence-electron chi connectivity index (χ2n) is 6.33. The molecule has 124 valence electrons. The fourth-order valence-electron chi connectivity index (χ4n) is 3.69. The first-order valence-electron chi connectivity index (χ1n) is 8.06. The molecule has 0 N–H and O–H groups in total. The minimum atomic E-state index is -0.157. The van der Waals surface area contributed by atoms with Gasteiger partial charge in [-0.1, -0.05) is 11.2 Å². The largest absolute Gasteiger partial charge is 0.361 e. The highest BCUT2D eigenvalue weighted by molar-refractivity contribution is 5.94. The van der Waals surface area contributed by atoms with Crippen LogP contribution >= 0.6 is 0 Å². The maximum absolute atomic E-state index is 12.6. The fraction of sp³-hybridized carbons (Fsp3) is 0.412. The minimum absolute atomic E-state index is 0.0645. The SMILES string of the molecule is Cc1cc(C(=O)N2CC[C@@H]3[C@@H]2CC(=O)N3Cc2cccnc2)no1. The van der Waals surface area contributed by atoms with Crippen LogP contribution in [0.5, 0.6) is 0 Å². The Morgan fingerprint density at radius 2 is 2.29 bits per heavy atom. The lowest BCUT2D eigenvalue weighted by Gasteiger charge is -2.25. The van der Waals surface area contributed by atoms with Gasteiger partial charge < -0.3 is 14.3 Å². The van der Waals surface area contributed by atoms with E-state index >= 15 is 0 Å². The zero-order valence-corrected chi connectivity index (χ0v) is 13.4. The highest BCUT2D eigenvalue weighted by Gasteiger charge is 2.48. The number of hydrogen-bond donors (Lipinski definition) is 0. The van der Waals surface area contributed by atoms with Gasteiger partial charge in [-0.15, -0.1) is 0 Å². The van der Waals surface area contributed by atoms with Crippen LogP contribution in [-0.4, -0.2) is 50.4 Å². The lowest BCUT2D eigenvalue weighted by molar-refractivity contribution is -0.129. The van der Waals surface area contributed by atoms with E-state index in [4.69, 9.17) is 4.52 Å². The van der Waals surface area contributed by atoms with Crippen LogP contribution in [0.4, 0.5) is 0 Å². The van der Waals surface area contributed by atoms with E-state index in [-0.39, 0.29) is 23.9 Å². The molecule has 0 saturated carbocycles. The number of rotatable bonds is 3. The van der Waals surface area contributed by atoms with Gasteiger partial charge in [-0.2, -0.15) is 0 Å². The van der Waals surface area contributed by atoms with E-state index in [0.29, 0.717) is 31.0 Å². The smallest absolute Gasteiger partial charge is 0.276 e. The second kappa shape index (κ2) is 5.74. The van der Waals surface area contributed by atoms with Gasteiger partial charge in [0.15, 0.2) is 5.69 Å². The molecule has 0 radical (unpaired) electrons. The van der Waals surface area contributed by atoms with Crippen LogP contribution in [-0.2, 0) is 11.3 Å². The zero-order valence-electron chi connectivity index (χ0n) is 13.4. The number of aromatic nitrogens is 2. The monoisotopic (exact) mass is 326 g/mol. The van der Waals surface area contributed by atoms with Gasteiger partial charge >= 0.3 is 0 Å². The van der Waals surface area contributed by atoms with Crippen molar-refractivity contribution in [3.05, 3.63) is 47.6 Å². The van der Waals surface area contributed by atoms with Crippen molar-refractivity contribution in [1.82, 2.24) is 19.9 Å². The number of amides is 2. The highest BCUT2D eigenvalue weighted by atomic mass is 16.5. The van der Waals surface area contributed by atoms with E-state index in [9.17, 15) is 9.59 Å². The summed E-state index contributed by atoms with van der Waals surface area (Å²) in [5, 5.41) is 3.81. The summed E-state index contributed by atoms with van der Waals surface area (Å²) in [4.78, 5) is 32.8. The molecule has 24 heavy (non-hydrogen) atoms.